The molecule has 3 aliphatic rings. The van der Waals surface area contributed by atoms with Gasteiger partial charge in [-0.15, -0.1) is 0 Å². The summed E-state index contributed by atoms with van der Waals surface area (Å²) in [5.74, 6) is 1.07. The fraction of sp³-hybridized carbons (Fsp3) is 1.00. The fourth-order valence-corrected chi connectivity index (χ4v) is 3.91. The van der Waals surface area contributed by atoms with E-state index in [4.69, 9.17) is 0 Å². The molecule has 1 saturated heterocycles. The quantitative estimate of drug-likeness (QED) is 0.810. The summed E-state index contributed by atoms with van der Waals surface area (Å²) in [7, 11) is 0. The molecule has 2 nitrogen and oxygen atoms in total. The summed E-state index contributed by atoms with van der Waals surface area (Å²) in [6.07, 6.45) is 11.7. The van der Waals surface area contributed by atoms with Gasteiger partial charge in [-0.05, 0) is 38.6 Å². The van der Waals surface area contributed by atoms with Crippen molar-refractivity contribution in [2.24, 2.45) is 5.92 Å². The molecule has 1 atom stereocenters. The fourth-order valence-electron chi connectivity index (χ4n) is 3.91. The Labute approximate surface area is 106 Å². The van der Waals surface area contributed by atoms with Crippen LogP contribution in [0.1, 0.15) is 58.3 Å². The Balaban J connectivity index is 1.53. The molecule has 2 saturated carbocycles. The Morgan fingerprint density at radius 2 is 1.94 bits per heavy atom. The molecule has 0 bridgehead atoms. The first-order chi connectivity index (χ1) is 8.27. The first-order valence-electron chi connectivity index (χ1n) is 7.77. The van der Waals surface area contributed by atoms with Gasteiger partial charge < -0.3 is 5.32 Å². The second-order valence-electron chi connectivity index (χ2n) is 6.77. The van der Waals surface area contributed by atoms with Gasteiger partial charge in [-0.3, -0.25) is 4.90 Å². The zero-order valence-corrected chi connectivity index (χ0v) is 11.4. The topological polar surface area (TPSA) is 15.3 Å². The molecular weight excluding hydrogens is 208 g/mol. The zero-order chi connectivity index (χ0) is 11.7. The third-order valence-electron chi connectivity index (χ3n) is 5.51. The van der Waals surface area contributed by atoms with Crippen molar-refractivity contribution in [1.29, 1.82) is 0 Å². The average molecular weight is 236 g/mol. The maximum Gasteiger partial charge on any atom is 0.0309 e. The third kappa shape index (κ3) is 2.53. The number of rotatable bonds is 3. The molecule has 0 aromatic rings. The van der Waals surface area contributed by atoms with Gasteiger partial charge in [0, 0.05) is 24.7 Å². The second kappa shape index (κ2) is 4.89. The predicted molar refractivity (Wildman–Crippen MR) is 72.2 cm³/mol. The van der Waals surface area contributed by atoms with Crippen LogP contribution in [0.3, 0.4) is 0 Å². The van der Waals surface area contributed by atoms with E-state index >= 15 is 0 Å². The number of nitrogens with zero attached hydrogens (tertiary/aromatic N) is 1. The molecule has 3 fully saturated rings. The lowest BCUT2D eigenvalue weighted by molar-refractivity contribution is 0.0785. The third-order valence-corrected chi connectivity index (χ3v) is 5.51. The van der Waals surface area contributed by atoms with E-state index in [1.165, 1.54) is 71.0 Å². The normalized spacial score (nSPS) is 34.1. The van der Waals surface area contributed by atoms with E-state index in [9.17, 15) is 0 Å². The molecule has 1 unspecified atom stereocenters. The highest BCUT2D eigenvalue weighted by Gasteiger charge is 2.39. The maximum atomic E-state index is 3.85. The Kier molecular flexibility index (Phi) is 3.45. The lowest BCUT2D eigenvalue weighted by atomic mass is 9.82. The Morgan fingerprint density at radius 3 is 2.59 bits per heavy atom. The van der Waals surface area contributed by atoms with Crippen molar-refractivity contribution in [1.82, 2.24) is 10.2 Å². The molecular formula is C15H28N2. The van der Waals surface area contributed by atoms with Crippen molar-refractivity contribution in [3.05, 3.63) is 0 Å². The first kappa shape index (κ1) is 12.0. The summed E-state index contributed by atoms with van der Waals surface area (Å²) in [5, 5.41) is 3.85. The Hall–Kier alpha value is -0.0800. The Morgan fingerprint density at radius 1 is 1.18 bits per heavy atom. The number of piperazine rings is 1. The van der Waals surface area contributed by atoms with E-state index in [1.807, 2.05) is 0 Å². The van der Waals surface area contributed by atoms with Crippen molar-refractivity contribution in [2.75, 3.05) is 19.6 Å². The molecule has 2 heteroatoms. The van der Waals surface area contributed by atoms with Crippen LogP contribution in [0.5, 0.6) is 0 Å². The van der Waals surface area contributed by atoms with Crippen LogP contribution < -0.4 is 5.32 Å². The highest BCUT2D eigenvalue weighted by molar-refractivity contribution is 5.00. The highest BCUT2D eigenvalue weighted by Crippen LogP contribution is 2.34. The second-order valence-corrected chi connectivity index (χ2v) is 6.77. The van der Waals surface area contributed by atoms with Crippen LogP contribution in [0.2, 0.25) is 0 Å². The molecule has 17 heavy (non-hydrogen) atoms. The molecule has 0 amide bonds. The molecule has 1 heterocycles. The molecule has 0 aromatic carbocycles. The van der Waals surface area contributed by atoms with E-state index in [0.29, 0.717) is 5.54 Å². The van der Waals surface area contributed by atoms with Gasteiger partial charge in [0.1, 0.15) is 0 Å². The van der Waals surface area contributed by atoms with Crippen LogP contribution in [-0.4, -0.2) is 36.1 Å². The minimum atomic E-state index is 0.506. The number of hydrogen-bond donors (Lipinski definition) is 1. The van der Waals surface area contributed by atoms with Gasteiger partial charge >= 0.3 is 0 Å². The largest absolute Gasteiger partial charge is 0.308 e. The lowest BCUT2D eigenvalue weighted by Gasteiger charge is -2.46. The lowest BCUT2D eigenvalue weighted by Crippen LogP contribution is -2.62. The number of nitrogens with one attached hydrogen (secondary N) is 1. The van der Waals surface area contributed by atoms with Gasteiger partial charge in [-0.2, -0.15) is 0 Å². The summed E-state index contributed by atoms with van der Waals surface area (Å²) in [6, 6.07) is 0.751. The van der Waals surface area contributed by atoms with Crippen LogP contribution in [0.15, 0.2) is 0 Å². The molecule has 0 aromatic heterocycles. The van der Waals surface area contributed by atoms with Gasteiger partial charge in [0.2, 0.25) is 0 Å². The van der Waals surface area contributed by atoms with E-state index < -0.39 is 0 Å². The smallest absolute Gasteiger partial charge is 0.0309 e. The SMILES string of the molecule is CC1CNC2(CCCC2)CN1CCC1CCC1. The summed E-state index contributed by atoms with van der Waals surface area (Å²) in [4.78, 5) is 2.78. The minimum absolute atomic E-state index is 0.506. The first-order valence-corrected chi connectivity index (χ1v) is 7.77. The minimum Gasteiger partial charge on any atom is -0.308 e. The maximum absolute atomic E-state index is 3.85. The summed E-state index contributed by atoms with van der Waals surface area (Å²) < 4.78 is 0. The molecule has 1 spiro atoms. The van der Waals surface area contributed by atoms with Crippen molar-refractivity contribution in [3.8, 4) is 0 Å². The van der Waals surface area contributed by atoms with Gasteiger partial charge in [0.25, 0.3) is 0 Å². The van der Waals surface area contributed by atoms with Gasteiger partial charge in [0.05, 0.1) is 0 Å². The van der Waals surface area contributed by atoms with Crippen LogP contribution in [0.4, 0.5) is 0 Å². The van der Waals surface area contributed by atoms with E-state index in [2.05, 4.69) is 17.1 Å². The summed E-state index contributed by atoms with van der Waals surface area (Å²) in [5.41, 5.74) is 0.506. The van der Waals surface area contributed by atoms with Gasteiger partial charge in [0.15, 0.2) is 0 Å². The molecule has 0 radical (unpaired) electrons. The van der Waals surface area contributed by atoms with Crippen LogP contribution in [0, 0.1) is 5.92 Å². The van der Waals surface area contributed by atoms with Gasteiger partial charge in [-0.1, -0.05) is 32.1 Å². The number of hydrogen-bond acceptors (Lipinski definition) is 2. The van der Waals surface area contributed by atoms with Crippen molar-refractivity contribution >= 4 is 0 Å². The van der Waals surface area contributed by atoms with E-state index in [1.54, 1.807) is 0 Å². The molecule has 98 valence electrons. The average Bonchev–Trinajstić information content (AvgIpc) is 2.70. The summed E-state index contributed by atoms with van der Waals surface area (Å²) >= 11 is 0. The highest BCUT2D eigenvalue weighted by atomic mass is 15.2. The molecule has 1 N–H and O–H groups in total. The van der Waals surface area contributed by atoms with Gasteiger partial charge in [-0.25, -0.2) is 0 Å². The molecule has 3 rings (SSSR count). The van der Waals surface area contributed by atoms with Crippen molar-refractivity contribution < 1.29 is 0 Å². The Bertz CT molecular complexity index is 254. The van der Waals surface area contributed by atoms with E-state index in [0.717, 1.165) is 12.0 Å². The monoisotopic (exact) mass is 236 g/mol. The zero-order valence-electron chi connectivity index (χ0n) is 11.4. The summed E-state index contributed by atoms with van der Waals surface area (Å²) in [6.45, 7) is 6.29. The predicted octanol–water partition coefficient (Wildman–Crippen LogP) is 2.78. The molecule has 2 aliphatic carbocycles. The van der Waals surface area contributed by atoms with E-state index in [-0.39, 0.29) is 0 Å². The van der Waals surface area contributed by atoms with Crippen LogP contribution in [0.25, 0.3) is 0 Å². The van der Waals surface area contributed by atoms with Crippen LogP contribution >= 0.6 is 0 Å². The van der Waals surface area contributed by atoms with Crippen molar-refractivity contribution in [3.63, 3.8) is 0 Å². The molecule has 1 aliphatic heterocycles. The van der Waals surface area contributed by atoms with Crippen LogP contribution in [-0.2, 0) is 0 Å². The standard InChI is InChI=1S/C15H28N2/c1-13-11-16-15(8-2-3-9-15)12-17(13)10-7-14-5-4-6-14/h13-14,16H,2-12H2,1H3. The van der Waals surface area contributed by atoms with Crippen molar-refractivity contribution in [2.45, 2.75) is 69.9 Å².